The molecule has 0 bridgehead atoms. The van der Waals surface area contributed by atoms with Crippen LogP contribution in [0.25, 0.3) is 5.65 Å². The van der Waals surface area contributed by atoms with Crippen molar-refractivity contribution in [2.45, 2.75) is 33.9 Å². The van der Waals surface area contributed by atoms with E-state index in [0.717, 1.165) is 22.6 Å². The van der Waals surface area contributed by atoms with Crippen molar-refractivity contribution in [3.63, 3.8) is 0 Å². The van der Waals surface area contributed by atoms with Gasteiger partial charge in [0.05, 0.1) is 11.3 Å². The lowest BCUT2D eigenvalue weighted by Crippen LogP contribution is -2.18. The highest BCUT2D eigenvalue weighted by Crippen LogP contribution is 2.18. The lowest BCUT2D eigenvalue weighted by atomic mass is 10.2. The second-order valence-electron chi connectivity index (χ2n) is 7.38. The van der Waals surface area contributed by atoms with E-state index in [1.165, 1.54) is 10.5 Å². The summed E-state index contributed by atoms with van der Waals surface area (Å²) in [6, 6.07) is 18.8. The molecule has 0 radical (unpaired) electrons. The van der Waals surface area contributed by atoms with Crippen LogP contribution >= 0.6 is 0 Å². The number of aromatic nitrogens is 3. The summed E-state index contributed by atoms with van der Waals surface area (Å²) in [4.78, 5) is 29.5. The summed E-state index contributed by atoms with van der Waals surface area (Å²) in [6.45, 7) is 6.37. The molecular formula is C24H23N3O3. The summed E-state index contributed by atoms with van der Waals surface area (Å²) in [5, 5.41) is 0. The molecule has 0 atom stereocenters. The number of rotatable bonds is 5. The van der Waals surface area contributed by atoms with Gasteiger partial charge < -0.3 is 9.30 Å². The van der Waals surface area contributed by atoms with Crippen LogP contribution in [0, 0.1) is 20.8 Å². The molecule has 30 heavy (non-hydrogen) atoms. The molecule has 0 aliphatic carbocycles. The van der Waals surface area contributed by atoms with E-state index in [0.29, 0.717) is 23.4 Å². The molecule has 3 heterocycles. The average Bonchev–Trinajstić information content (AvgIpc) is 3.01. The molecule has 0 fully saturated rings. The van der Waals surface area contributed by atoms with E-state index in [9.17, 15) is 9.59 Å². The van der Waals surface area contributed by atoms with Gasteiger partial charge >= 0.3 is 5.97 Å². The number of esters is 1. The van der Waals surface area contributed by atoms with E-state index in [1.807, 2.05) is 57.2 Å². The van der Waals surface area contributed by atoms with Crippen LogP contribution in [-0.2, 0) is 17.9 Å². The Labute approximate surface area is 174 Å². The Bertz CT molecular complexity index is 1290. The van der Waals surface area contributed by atoms with E-state index >= 15 is 0 Å². The Morgan fingerprint density at radius 1 is 0.967 bits per heavy atom. The zero-order chi connectivity index (χ0) is 21.3. The number of fused-ring (bicyclic) bond motifs is 1. The smallest absolute Gasteiger partial charge is 0.340 e. The fraction of sp³-hybridized carbons (Fsp3) is 0.208. The SMILES string of the molecule is Cc1cc(C(=O)OCc2cc(=O)n3c(C)cccc3n2)c(C)n1Cc1ccccc1. The van der Waals surface area contributed by atoms with Crippen molar-refractivity contribution in [2.24, 2.45) is 0 Å². The molecule has 0 saturated heterocycles. The van der Waals surface area contributed by atoms with Crippen LogP contribution in [0.15, 0.2) is 65.5 Å². The minimum Gasteiger partial charge on any atom is -0.456 e. The molecule has 3 aromatic heterocycles. The molecule has 0 aliphatic heterocycles. The molecule has 0 N–H and O–H groups in total. The first kappa shape index (κ1) is 19.6. The fourth-order valence-electron chi connectivity index (χ4n) is 3.67. The number of benzene rings is 1. The summed E-state index contributed by atoms with van der Waals surface area (Å²) in [5.41, 5.74) is 5.10. The highest BCUT2D eigenvalue weighted by atomic mass is 16.5. The Hall–Kier alpha value is -3.67. The van der Waals surface area contributed by atoms with E-state index in [4.69, 9.17) is 4.74 Å². The number of nitrogens with zero attached hydrogens (tertiary/aromatic N) is 3. The normalized spacial score (nSPS) is 11.0. The van der Waals surface area contributed by atoms with Crippen molar-refractivity contribution in [2.75, 3.05) is 0 Å². The zero-order valence-electron chi connectivity index (χ0n) is 17.3. The largest absolute Gasteiger partial charge is 0.456 e. The Kier molecular flexibility index (Phi) is 5.23. The van der Waals surface area contributed by atoms with Crippen molar-refractivity contribution in [3.05, 3.63) is 105 Å². The maximum Gasteiger partial charge on any atom is 0.340 e. The standard InChI is InChI=1S/C24H23N3O3/c1-16-8-7-11-22-25-20(13-23(28)27(16)22)15-30-24(29)21-12-17(2)26(18(21)3)14-19-9-5-4-6-10-19/h4-13H,14-15H2,1-3H3. The van der Waals surface area contributed by atoms with Gasteiger partial charge in [-0.05, 0) is 44.5 Å². The van der Waals surface area contributed by atoms with Crippen LogP contribution in [-0.4, -0.2) is 19.9 Å². The first-order chi connectivity index (χ1) is 14.4. The summed E-state index contributed by atoms with van der Waals surface area (Å²) in [5.74, 6) is -0.423. The molecular weight excluding hydrogens is 378 g/mol. The molecule has 0 spiro atoms. The van der Waals surface area contributed by atoms with Gasteiger partial charge in [-0.2, -0.15) is 0 Å². The van der Waals surface area contributed by atoms with Crippen molar-refractivity contribution in [1.29, 1.82) is 0 Å². The second-order valence-corrected chi connectivity index (χ2v) is 7.38. The third-order valence-corrected chi connectivity index (χ3v) is 5.26. The highest BCUT2D eigenvalue weighted by molar-refractivity contribution is 5.91. The van der Waals surface area contributed by atoms with Gasteiger partial charge in [-0.15, -0.1) is 0 Å². The molecule has 0 aliphatic rings. The molecule has 152 valence electrons. The van der Waals surface area contributed by atoms with Gasteiger partial charge in [0.25, 0.3) is 5.56 Å². The number of aryl methyl sites for hydroxylation is 2. The molecule has 0 unspecified atom stereocenters. The first-order valence-corrected chi connectivity index (χ1v) is 9.80. The van der Waals surface area contributed by atoms with Crippen LogP contribution in [0.5, 0.6) is 0 Å². The summed E-state index contributed by atoms with van der Waals surface area (Å²) >= 11 is 0. The summed E-state index contributed by atoms with van der Waals surface area (Å²) in [6.07, 6.45) is 0. The quantitative estimate of drug-likeness (QED) is 0.477. The van der Waals surface area contributed by atoms with E-state index in [2.05, 4.69) is 21.7 Å². The number of pyridine rings is 1. The topological polar surface area (TPSA) is 65.6 Å². The van der Waals surface area contributed by atoms with Gasteiger partial charge in [-0.25, -0.2) is 9.78 Å². The molecule has 0 saturated carbocycles. The average molecular weight is 401 g/mol. The molecule has 1 aromatic carbocycles. The van der Waals surface area contributed by atoms with Gasteiger partial charge in [0.1, 0.15) is 12.3 Å². The molecule has 4 rings (SSSR count). The first-order valence-electron chi connectivity index (χ1n) is 9.80. The van der Waals surface area contributed by atoms with Crippen molar-refractivity contribution < 1.29 is 9.53 Å². The maximum atomic E-state index is 12.7. The maximum absolute atomic E-state index is 12.7. The number of hydrogen-bond donors (Lipinski definition) is 0. The van der Waals surface area contributed by atoms with E-state index in [-0.39, 0.29) is 12.2 Å². The Morgan fingerprint density at radius 2 is 1.73 bits per heavy atom. The third kappa shape index (κ3) is 3.76. The van der Waals surface area contributed by atoms with Crippen LogP contribution in [0.1, 0.15) is 38.7 Å². The third-order valence-electron chi connectivity index (χ3n) is 5.26. The van der Waals surface area contributed by atoms with Crippen LogP contribution in [0.2, 0.25) is 0 Å². The van der Waals surface area contributed by atoms with Crippen LogP contribution in [0.3, 0.4) is 0 Å². The van der Waals surface area contributed by atoms with Crippen molar-refractivity contribution >= 4 is 11.6 Å². The second kappa shape index (κ2) is 7.99. The van der Waals surface area contributed by atoms with Gasteiger partial charge in [0, 0.05) is 29.7 Å². The number of ether oxygens (including phenoxy) is 1. The van der Waals surface area contributed by atoms with E-state index < -0.39 is 5.97 Å². The monoisotopic (exact) mass is 401 g/mol. The predicted molar refractivity (Wildman–Crippen MR) is 115 cm³/mol. The van der Waals surface area contributed by atoms with Crippen LogP contribution in [0.4, 0.5) is 0 Å². The number of hydrogen-bond acceptors (Lipinski definition) is 4. The minimum atomic E-state index is -0.423. The van der Waals surface area contributed by atoms with Crippen LogP contribution < -0.4 is 5.56 Å². The highest BCUT2D eigenvalue weighted by Gasteiger charge is 2.18. The predicted octanol–water partition coefficient (Wildman–Crippen LogP) is 3.83. The number of carbonyl (C=O) groups is 1. The lowest BCUT2D eigenvalue weighted by Gasteiger charge is -2.10. The summed E-state index contributed by atoms with van der Waals surface area (Å²) < 4.78 is 9.11. The lowest BCUT2D eigenvalue weighted by molar-refractivity contribution is 0.0466. The van der Waals surface area contributed by atoms with Crippen molar-refractivity contribution in [1.82, 2.24) is 14.0 Å². The summed E-state index contributed by atoms with van der Waals surface area (Å²) in [7, 11) is 0. The Morgan fingerprint density at radius 3 is 2.50 bits per heavy atom. The van der Waals surface area contributed by atoms with Gasteiger partial charge in [0.2, 0.25) is 0 Å². The fourth-order valence-corrected chi connectivity index (χ4v) is 3.67. The Balaban J connectivity index is 1.53. The van der Waals surface area contributed by atoms with E-state index in [1.54, 1.807) is 6.07 Å². The van der Waals surface area contributed by atoms with Gasteiger partial charge in [0.15, 0.2) is 0 Å². The molecule has 4 aromatic rings. The minimum absolute atomic E-state index is 0.0547. The zero-order valence-corrected chi connectivity index (χ0v) is 17.3. The number of carbonyl (C=O) groups excluding carboxylic acids is 1. The molecule has 0 amide bonds. The van der Waals surface area contributed by atoms with Crippen molar-refractivity contribution in [3.8, 4) is 0 Å². The molecule has 6 nitrogen and oxygen atoms in total. The molecule has 6 heteroatoms. The van der Waals surface area contributed by atoms with Gasteiger partial charge in [-0.3, -0.25) is 9.20 Å². The van der Waals surface area contributed by atoms with Gasteiger partial charge in [-0.1, -0.05) is 36.4 Å².